The van der Waals surface area contributed by atoms with E-state index in [0.29, 0.717) is 45.1 Å². The van der Waals surface area contributed by atoms with Gasteiger partial charge in [-0.05, 0) is 37.6 Å². The van der Waals surface area contributed by atoms with E-state index in [1.54, 1.807) is 46.3 Å². The molecule has 1 aliphatic rings. The van der Waals surface area contributed by atoms with Gasteiger partial charge in [0, 0.05) is 5.56 Å². The maximum Gasteiger partial charge on any atom is 0.205 e. The van der Waals surface area contributed by atoms with E-state index in [2.05, 4.69) is 6.07 Å². The van der Waals surface area contributed by atoms with Crippen molar-refractivity contribution in [1.29, 1.82) is 5.26 Å². The number of methoxy groups -OCH3 is 2. The average molecular weight is 404 g/mol. The van der Waals surface area contributed by atoms with Crippen molar-refractivity contribution in [3.8, 4) is 23.3 Å². The number of fused-ring (bicyclic) bond motifs is 3. The predicted molar refractivity (Wildman–Crippen MR) is 111 cm³/mol. The molecule has 3 aromatic rings. The monoisotopic (exact) mass is 404 g/mol. The van der Waals surface area contributed by atoms with Crippen molar-refractivity contribution in [2.24, 2.45) is 5.73 Å². The van der Waals surface area contributed by atoms with Gasteiger partial charge in [-0.1, -0.05) is 12.1 Å². The van der Waals surface area contributed by atoms with Crippen molar-refractivity contribution >= 4 is 10.8 Å². The molecule has 30 heavy (non-hydrogen) atoms. The van der Waals surface area contributed by atoms with Crippen molar-refractivity contribution in [3.05, 3.63) is 74.7 Å². The third-order valence-electron chi connectivity index (χ3n) is 5.35. The summed E-state index contributed by atoms with van der Waals surface area (Å²) in [5, 5.41) is 10.8. The van der Waals surface area contributed by atoms with Gasteiger partial charge in [-0.2, -0.15) is 5.26 Å². The normalized spacial score (nSPS) is 15.4. The maximum atomic E-state index is 12.8. The van der Waals surface area contributed by atoms with Gasteiger partial charge >= 0.3 is 0 Å². The van der Waals surface area contributed by atoms with Crippen LogP contribution in [0.3, 0.4) is 0 Å². The van der Waals surface area contributed by atoms with E-state index in [-0.39, 0.29) is 16.9 Å². The number of hydrogen-bond acceptors (Lipinski definition) is 7. The van der Waals surface area contributed by atoms with Gasteiger partial charge in [0.15, 0.2) is 16.9 Å². The molecule has 1 aromatic heterocycles. The van der Waals surface area contributed by atoms with E-state index in [4.69, 9.17) is 24.4 Å². The fourth-order valence-corrected chi connectivity index (χ4v) is 4.02. The average Bonchev–Trinajstić information content (AvgIpc) is 2.95. The molecule has 2 aromatic carbocycles. The number of ether oxygens (including phenoxy) is 3. The minimum absolute atomic E-state index is 0.0111. The minimum Gasteiger partial charge on any atom is -0.493 e. The Balaban J connectivity index is 2.09. The number of benzene rings is 1. The number of aryl methyl sites for hydroxylation is 2. The van der Waals surface area contributed by atoms with Gasteiger partial charge in [-0.25, -0.2) is 0 Å². The van der Waals surface area contributed by atoms with Crippen LogP contribution in [0, 0.1) is 25.2 Å². The number of allylic oxidation sites excluding steroid dienone is 1. The molecule has 2 N–H and O–H groups in total. The highest BCUT2D eigenvalue weighted by molar-refractivity contribution is 5.93. The number of furan rings is 1. The van der Waals surface area contributed by atoms with Crippen LogP contribution < -0.4 is 25.4 Å². The predicted octanol–water partition coefficient (Wildman–Crippen LogP) is 3.65. The molecule has 7 heteroatoms. The quantitative estimate of drug-likeness (QED) is 0.710. The summed E-state index contributed by atoms with van der Waals surface area (Å²) in [6, 6.07) is 10.7. The second kappa shape index (κ2) is 7.16. The van der Waals surface area contributed by atoms with Crippen molar-refractivity contribution in [2.75, 3.05) is 14.2 Å². The highest BCUT2D eigenvalue weighted by Gasteiger charge is 2.33. The highest BCUT2D eigenvalue weighted by Crippen LogP contribution is 2.46. The summed E-state index contributed by atoms with van der Waals surface area (Å²) in [6.07, 6.45) is 0. The van der Waals surface area contributed by atoms with E-state index < -0.39 is 5.92 Å². The molecule has 0 spiro atoms. The van der Waals surface area contributed by atoms with Crippen LogP contribution in [0.1, 0.15) is 28.6 Å². The Morgan fingerprint density at radius 1 is 1.03 bits per heavy atom. The third kappa shape index (κ3) is 2.77. The lowest BCUT2D eigenvalue weighted by Crippen LogP contribution is -2.20. The first-order valence-electron chi connectivity index (χ1n) is 9.27. The van der Waals surface area contributed by atoms with Gasteiger partial charge in [-0.15, -0.1) is 0 Å². The van der Waals surface area contributed by atoms with Gasteiger partial charge in [0.05, 0.1) is 30.9 Å². The number of nitrogens with two attached hydrogens (primary N) is 1. The molecular formula is C23H20N2O5. The minimum atomic E-state index is -0.553. The Morgan fingerprint density at radius 3 is 2.40 bits per heavy atom. The second-order valence-corrected chi connectivity index (χ2v) is 6.99. The molecule has 7 nitrogen and oxygen atoms in total. The SMILES string of the molecule is COc1ccc([C@@H]2C(C#N)=C(N)Oc3c2ccc(=O)c2c(C)oc(C)c32)cc1OC. The van der Waals surface area contributed by atoms with Crippen LogP contribution in [0.15, 0.2) is 51.0 Å². The molecule has 1 aliphatic heterocycles. The van der Waals surface area contributed by atoms with E-state index in [1.807, 2.05) is 6.07 Å². The molecule has 0 saturated carbocycles. The van der Waals surface area contributed by atoms with Crippen LogP contribution in [0.25, 0.3) is 10.8 Å². The van der Waals surface area contributed by atoms with Crippen LogP contribution >= 0.6 is 0 Å². The smallest absolute Gasteiger partial charge is 0.205 e. The lowest BCUT2D eigenvalue weighted by molar-refractivity contribution is 0.354. The Labute approximate surface area is 172 Å². The maximum absolute atomic E-state index is 12.8. The highest BCUT2D eigenvalue weighted by atomic mass is 16.5. The topological polar surface area (TPSA) is 108 Å². The molecular weight excluding hydrogens is 384 g/mol. The zero-order valence-corrected chi connectivity index (χ0v) is 17.0. The second-order valence-electron chi connectivity index (χ2n) is 6.99. The van der Waals surface area contributed by atoms with Gasteiger partial charge in [0.25, 0.3) is 0 Å². The standard InChI is InChI=1S/C23H20N2O5/c1-11-19-16(26)7-6-14-21(13-5-8-17(27-3)18(9-13)28-4)15(10-24)23(25)30-22(14)20(19)12(2)29-11/h5-9,21H,25H2,1-4H3/t21-/m0/s1. The Bertz CT molecular complexity index is 1310. The van der Waals surface area contributed by atoms with Crippen LogP contribution in [0.4, 0.5) is 0 Å². The number of rotatable bonds is 3. The molecule has 0 radical (unpaired) electrons. The first kappa shape index (κ1) is 19.4. The zero-order valence-electron chi connectivity index (χ0n) is 17.0. The van der Waals surface area contributed by atoms with Gasteiger partial charge in [0.2, 0.25) is 5.88 Å². The summed E-state index contributed by atoms with van der Waals surface area (Å²) < 4.78 is 22.4. The summed E-state index contributed by atoms with van der Waals surface area (Å²) in [6.45, 7) is 3.50. The van der Waals surface area contributed by atoms with Crippen molar-refractivity contribution in [3.63, 3.8) is 0 Å². The summed E-state index contributed by atoms with van der Waals surface area (Å²) in [4.78, 5) is 12.8. The molecule has 0 amide bonds. The largest absolute Gasteiger partial charge is 0.493 e. The Hall–Kier alpha value is -3.92. The molecule has 1 atom stereocenters. The first-order chi connectivity index (χ1) is 14.4. The summed E-state index contributed by atoms with van der Waals surface area (Å²) >= 11 is 0. The number of nitrogens with zero attached hydrogens (tertiary/aromatic N) is 1. The molecule has 0 aliphatic carbocycles. The summed E-state index contributed by atoms with van der Waals surface area (Å²) in [7, 11) is 3.09. The van der Waals surface area contributed by atoms with E-state index in [9.17, 15) is 10.1 Å². The third-order valence-corrected chi connectivity index (χ3v) is 5.35. The molecule has 0 bridgehead atoms. The van der Waals surface area contributed by atoms with Gasteiger partial charge in [0.1, 0.15) is 28.9 Å². The lowest BCUT2D eigenvalue weighted by Gasteiger charge is -2.26. The Morgan fingerprint density at radius 2 is 1.73 bits per heavy atom. The van der Waals surface area contributed by atoms with Crippen LogP contribution in [0.2, 0.25) is 0 Å². The number of hydrogen-bond donors (Lipinski definition) is 1. The first-order valence-corrected chi connectivity index (χ1v) is 9.27. The summed E-state index contributed by atoms with van der Waals surface area (Å²) in [5.74, 6) is 1.98. The molecule has 4 rings (SSSR count). The van der Waals surface area contributed by atoms with Crippen LogP contribution in [-0.4, -0.2) is 14.2 Å². The van der Waals surface area contributed by atoms with Crippen LogP contribution in [-0.2, 0) is 0 Å². The van der Waals surface area contributed by atoms with Crippen molar-refractivity contribution in [2.45, 2.75) is 19.8 Å². The summed E-state index contributed by atoms with van der Waals surface area (Å²) in [5.41, 5.74) is 7.60. The van der Waals surface area contributed by atoms with Crippen LogP contribution in [0.5, 0.6) is 17.2 Å². The fraction of sp³-hybridized carbons (Fsp3) is 0.217. The molecule has 0 saturated heterocycles. The van der Waals surface area contributed by atoms with Crippen molar-refractivity contribution in [1.82, 2.24) is 0 Å². The fourth-order valence-electron chi connectivity index (χ4n) is 4.02. The number of nitriles is 1. The van der Waals surface area contributed by atoms with Crippen molar-refractivity contribution < 1.29 is 18.6 Å². The van der Waals surface area contributed by atoms with E-state index in [1.165, 1.54) is 6.07 Å². The van der Waals surface area contributed by atoms with E-state index in [0.717, 1.165) is 5.56 Å². The molecule has 152 valence electrons. The lowest BCUT2D eigenvalue weighted by atomic mass is 9.83. The molecule has 0 unspecified atom stereocenters. The van der Waals surface area contributed by atoms with E-state index >= 15 is 0 Å². The molecule has 0 fully saturated rings. The van der Waals surface area contributed by atoms with Gasteiger partial charge < -0.3 is 24.4 Å². The molecule has 2 heterocycles. The Kier molecular flexibility index (Phi) is 4.63. The zero-order chi connectivity index (χ0) is 21.6. The van der Waals surface area contributed by atoms with Gasteiger partial charge in [-0.3, -0.25) is 4.79 Å².